The smallest absolute Gasteiger partial charge is 0.257 e. The zero-order valence-electron chi connectivity index (χ0n) is 21.2. The lowest BCUT2D eigenvalue weighted by molar-refractivity contribution is 0.0747. The Bertz CT molecular complexity index is 1280. The van der Waals surface area contributed by atoms with Crippen LogP contribution in [0.1, 0.15) is 31.1 Å². The van der Waals surface area contributed by atoms with Gasteiger partial charge in [-0.25, -0.2) is 9.97 Å². The van der Waals surface area contributed by atoms with E-state index in [1.807, 2.05) is 42.2 Å². The molecule has 9 nitrogen and oxygen atoms in total. The van der Waals surface area contributed by atoms with Gasteiger partial charge in [0.15, 0.2) is 5.76 Å². The van der Waals surface area contributed by atoms with Crippen molar-refractivity contribution >= 4 is 5.91 Å². The molecule has 0 unspecified atom stereocenters. The van der Waals surface area contributed by atoms with E-state index in [2.05, 4.69) is 28.8 Å². The second-order valence-corrected chi connectivity index (χ2v) is 8.15. The van der Waals surface area contributed by atoms with Crippen molar-refractivity contribution < 1.29 is 13.9 Å². The van der Waals surface area contributed by atoms with E-state index in [0.717, 1.165) is 25.2 Å². The fourth-order valence-electron chi connectivity index (χ4n) is 4.14. The summed E-state index contributed by atoms with van der Waals surface area (Å²) < 4.78 is 12.8. The Balaban J connectivity index is 1.74. The minimum Gasteiger partial charge on any atom is -0.496 e. The van der Waals surface area contributed by atoms with Crippen molar-refractivity contribution in [2.24, 2.45) is 0 Å². The molecule has 4 aromatic rings. The number of hydrogen-bond donors (Lipinski definition) is 0. The summed E-state index contributed by atoms with van der Waals surface area (Å²) in [5.74, 6) is 1.44. The van der Waals surface area contributed by atoms with Gasteiger partial charge >= 0.3 is 0 Å². The van der Waals surface area contributed by atoms with Crippen LogP contribution in [0.3, 0.4) is 0 Å². The zero-order valence-corrected chi connectivity index (χ0v) is 21.2. The molecule has 0 atom stereocenters. The molecule has 0 spiro atoms. The van der Waals surface area contributed by atoms with Crippen molar-refractivity contribution in [1.82, 2.24) is 29.5 Å². The fraction of sp³-hybridized carbons (Fsp3) is 0.333. The summed E-state index contributed by atoms with van der Waals surface area (Å²) in [4.78, 5) is 27.0. The third kappa shape index (κ3) is 5.16. The summed E-state index contributed by atoms with van der Waals surface area (Å²) in [6, 6.07) is 13.1. The fourth-order valence-corrected chi connectivity index (χ4v) is 4.14. The lowest BCUT2D eigenvalue weighted by Crippen LogP contribution is -2.38. The van der Waals surface area contributed by atoms with Crippen molar-refractivity contribution in [3.05, 3.63) is 66.7 Å². The lowest BCUT2D eigenvalue weighted by atomic mass is 10.1. The van der Waals surface area contributed by atoms with Gasteiger partial charge in [0.25, 0.3) is 11.9 Å². The number of carbonyl (C=O) groups excluding carboxylic acids is 1. The van der Waals surface area contributed by atoms with Crippen LogP contribution < -0.4 is 4.74 Å². The van der Waals surface area contributed by atoms with Gasteiger partial charge in [-0.2, -0.15) is 9.78 Å². The monoisotopic (exact) mass is 488 g/mol. The number of benzene rings is 1. The van der Waals surface area contributed by atoms with E-state index in [4.69, 9.17) is 14.1 Å². The van der Waals surface area contributed by atoms with Crippen molar-refractivity contribution in [2.45, 2.75) is 20.8 Å². The maximum Gasteiger partial charge on any atom is 0.257 e. The number of furan rings is 1. The van der Waals surface area contributed by atoms with Gasteiger partial charge in [0.2, 0.25) is 0 Å². The molecule has 188 valence electrons. The van der Waals surface area contributed by atoms with Crippen LogP contribution in [0.5, 0.6) is 5.75 Å². The molecule has 0 fully saturated rings. The Morgan fingerprint density at radius 2 is 1.83 bits per heavy atom. The van der Waals surface area contributed by atoms with Crippen LogP contribution in [0, 0.1) is 0 Å². The largest absolute Gasteiger partial charge is 0.496 e. The van der Waals surface area contributed by atoms with Gasteiger partial charge in [-0.15, -0.1) is 0 Å². The number of nitrogens with zero attached hydrogens (tertiary/aromatic N) is 6. The third-order valence-corrected chi connectivity index (χ3v) is 6.22. The molecule has 0 aliphatic heterocycles. The molecular formula is C27H32N6O3. The van der Waals surface area contributed by atoms with Gasteiger partial charge in [0, 0.05) is 31.4 Å². The number of hydrogen-bond acceptors (Lipinski definition) is 7. The number of ether oxygens (including phenoxy) is 1. The Kier molecular flexibility index (Phi) is 8.12. The number of likely N-dealkylation sites (N-methyl/N-ethyl adjacent to an activating group) is 2. The number of para-hydroxylation sites is 1. The van der Waals surface area contributed by atoms with E-state index in [0.29, 0.717) is 47.5 Å². The molecule has 1 aromatic carbocycles. The SMILES string of the molecule is CCN(CC)CCN(CC)C(=O)c1cnn(-c2nccc(-c3ccccc3OC)n2)c1-c1ccco1. The van der Waals surface area contributed by atoms with Crippen molar-refractivity contribution in [3.8, 4) is 34.4 Å². The number of amides is 1. The van der Waals surface area contributed by atoms with Crippen LogP contribution in [-0.4, -0.2) is 75.3 Å². The summed E-state index contributed by atoms with van der Waals surface area (Å²) in [7, 11) is 1.63. The van der Waals surface area contributed by atoms with E-state index in [9.17, 15) is 4.79 Å². The predicted octanol–water partition coefficient (Wildman–Crippen LogP) is 4.40. The third-order valence-electron chi connectivity index (χ3n) is 6.22. The molecule has 0 saturated heterocycles. The van der Waals surface area contributed by atoms with Crippen LogP contribution in [0.4, 0.5) is 0 Å². The van der Waals surface area contributed by atoms with Crippen molar-refractivity contribution in [2.75, 3.05) is 39.8 Å². The van der Waals surface area contributed by atoms with Crippen molar-refractivity contribution in [1.29, 1.82) is 0 Å². The zero-order chi connectivity index (χ0) is 25.5. The van der Waals surface area contributed by atoms with E-state index >= 15 is 0 Å². The average molecular weight is 489 g/mol. The molecular weight excluding hydrogens is 456 g/mol. The summed E-state index contributed by atoms with van der Waals surface area (Å²) in [5, 5.41) is 4.53. The molecule has 0 radical (unpaired) electrons. The van der Waals surface area contributed by atoms with E-state index in [1.165, 1.54) is 0 Å². The Morgan fingerprint density at radius 1 is 1.03 bits per heavy atom. The Hall–Kier alpha value is -3.98. The first-order valence-electron chi connectivity index (χ1n) is 12.2. The van der Waals surface area contributed by atoms with E-state index in [-0.39, 0.29) is 5.91 Å². The summed E-state index contributed by atoms with van der Waals surface area (Å²) in [6.45, 7) is 10.1. The highest BCUT2D eigenvalue weighted by molar-refractivity contribution is 5.99. The van der Waals surface area contributed by atoms with Gasteiger partial charge in [-0.1, -0.05) is 26.0 Å². The minimum absolute atomic E-state index is 0.108. The number of aromatic nitrogens is 4. The van der Waals surface area contributed by atoms with E-state index in [1.54, 1.807) is 42.6 Å². The Morgan fingerprint density at radius 3 is 2.53 bits per heavy atom. The van der Waals surface area contributed by atoms with Gasteiger partial charge in [-0.05, 0) is 50.3 Å². The van der Waals surface area contributed by atoms with Crippen LogP contribution >= 0.6 is 0 Å². The first-order valence-corrected chi connectivity index (χ1v) is 12.2. The highest BCUT2D eigenvalue weighted by atomic mass is 16.5. The normalized spacial score (nSPS) is 11.1. The first kappa shape index (κ1) is 25.1. The highest BCUT2D eigenvalue weighted by Gasteiger charge is 2.26. The second kappa shape index (κ2) is 11.6. The molecule has 4 rings (SSSR count). The van der Waals surface area contributed by atoms with Crippen LogP contribution in [-0.2, 0) is 0 Å². The van der Waals surface area contributed by atoms with Crippen molar-refractivity contribution in [3.63, 3.8) is 0 Å². The molecule has 3 aromatic heterocycles. The second-order valence-electron chi connectivity index (χ2n) is 8.15. The molecule has 0 aliphatic carbocycles. The number of rotatable bonds is 11. The maximum atomic E-state index is 13.7. The van der Waals surface area contributed by atoms with Crippen LogP contribution in [0.25, 0.3) is 28.7 Å². The summed E-state index contributed by atoms with van der Waals surface area (Å²) >= 11 is 0. The van der Waals surface area contributed by atoms with Gasteiger partial charge in [0.1, 0.15) is 11.4 Å². The molecule has 1 amide bonds. The first-order chi connectivity index (χ1) is 17.6. The van der Waals surface area contributed by atoms with Gasteiger partial charge < -0.3 is 19.0 Å². The quantitative estimate of drug-likeness (QED) is 0.309. The standard InChI is InChI=1S/C27H32N6O3/c1-5-31(6-2)16-17-32(7-3)26(34)21-19-29-33(25(21)24-13-10-18-36-24)27-28-15-14-22(30-27)20-11-8-9-12-23(20)35-4/h8-15,18-19H,5-7,16-17H2,1-4H3. The molecule has 36 heavy (non-hydrogen) atoms. The maximum absolute atomic E-state index is 13.7. The molecule has 9 heteroatoms. The number of methoxy groups -OCH3 is 1. The minimum atomic E-state index is -0.108. The topological polar surface area (TPSA) is 89.5 Å². The van der Waals surface area contributed by atoms with Gasteiger partial charge in [-0.3, -0.25) is 4.79 Å². The average Bonchev–Trinajstić information content (AvgIpc) is 3.61. The van der Waals surface area contributed by atoms with Crippen LogP contribution in [0.2, 0.25) is 0 Å². The molecule has 0 saturated carbocycles. The molecule has 3 heterocycles. The van der Waals surface area contributed by atoms with E-state index < -0.39 is 0 Å². The van der Waals surface area contributed by atoms with Crippen LogP contribution in [0.15, 0.2) is 65.5 Å². The lowest BCUT2D eigenvalue weighted by Gasteiger charge is -2.25. The summed E-state index contributed by atoms with van der Waals surface area (Å²) in [5.41, 5.74) is 2.47. The number of carbonyl (C=O) groups is 1. The molecule has 0 N–H and O–H groups in total. The predicted molar refractivity (Wildman–Crippen MR) is 138 cm³/mol. The molecule has 0 bridgehead atoms. The molecule has 0 aliphatic rings. The van der Waals surface area contributed by atoms with Gasteiger partial charge in [0.05, 0.1) is 30.8 Å². The summed E-state index contributed by atoms with van der Waals surface area (Å²) in [6.07, 6.45) is 4.81. The Labute approximate surface area is 211 Å². The highest BCUT2D eigenvalue weighted by Crippen LogP contribution is 2.30.